The highest BCUT2D eigenvalue weighted by Crippen LogP contribution is 2.25. The maximum Gasteiger partial charge on any atom is 0.342 e. The smallest absolute Gasteiger partial charge is 0.342 e. The van der Waals surface area contributed by atoms with Crippen LogP contribution in [0.5, 0.6) is 5.75 Å². The molecule has 0 bridgehead atoms. The number of nitro benzene ring substituents is 1. The number of hydrogen-bond donors (Lipinski definition) is 0. The number of methoxy groups -OCH3 is 1. The fourth-order valence-corrected chi connectivity index (χ4v) is 2.22. The summed E-state index contributed by atoms with van der Waals surface area (Å²) >= 11 is 5.77. The van der Waals surface area contributed by atoms with Gasteiger partial charge in [-0.05, 0) is 37.3 Å². The lowest BCUT2D eigenvalue weighted by molar-refractivity contribution is -0.384. The molecule has 8 heteroatoms. The Kier molecular flexibility index (Phi) is 5.71. The largest absolute Gasteiger partial charge is 0.496 e. The van der Waals surface area contributed by atoms with Crippen LogP contribution >= 0.6 is 11.6 Å². The molecule has 0 N–H and O–H groups in total. The van der Waals surface area contributed by atoms with Gasteiger partial charge in [0, 0.05) is 22.7 Å². The van der Waals surface area contributed by atoms with Crippen molar-refractivity contribution in [3.05, 3.63) is 68.7 Å². The molecule has 0 saturated carbocycles. The van der Waals surface area contributed by atoms with Crippen LogP contribution in [0.4, 0.5) is 5.69 Å². The molecule has 2 rings (SSSR count). The van der Waals surface area contributed by atoms with Crippen LogP contribution in [0.15, 0.2) is 42.5 Å². The zero-order valence-electron chi connectivity index (χ0n) is 13.4. The molecule has 0 aliphatic carbocycles. The molecular formula is C17H14ClNO6. The van der Waals surface area contributed by atoms with Gasteiger partial charge in [0.25, 0.3) is 5.69 Å². The van der Waals surface area contributed by atoms with E-state index in [0.717, 1.165) is 6.07 Å². The summed E-state index contributed by atoms with van der Waals surface area (Å²) in [6, 6.07) is 9.67. The lowest BCUT2D eigenvalue weighted by Crippen LogP contribution is -2.24. The number of nitrogens with zero attached hydrogens (tertiary/aromatic N) is 1. The van der Waals surface area contributed by atoms with E-state index in [2.05, 4.69) is 0 Å². The minimum atomic E-state index is -1.09. The SMILES string of the molecule is COc1ccc([N+](=O)[O-])cc1C(=O)O[C@H](C)C(=O)c1ccc(Cl)cc1. The van der Waals surface area contributed by atoms with Crippen LogP contribution in [-0.4, -0.2) is 29.9 Å². The second-order valence-corrected chi connectivity index (χ2v) is 5.50. The summed E-state index contributed by atoms with van der Waals surface area (Å²) in [6.45, 7) is 1.42. The Morgan fingerprint density at radius 3 is 2.36 bits per heavy atom. The summed E-state index contributed by atoms with van der Waals surface area (Å²) in [4.78, 5) is 34.8. The molecule has 1 atom stereocenters. The summed E-state index contributed by atoms with van der Waals surface area (Å²) in [5.74, 6) is -1.20. The highest BCUT2D eigenvalue weighted by Gasteiger charge is 2.24. The van der Waals surface area contributed by atoms with Gasteiger partial charge in [0.1, 0.15) is 11.3 Å². The van der Waals surface area contributed by atoms with Crippen molar-refractivity contribution in [1.29, 1.82) is 0 Å². The Hall–Kier alpha value is -2.93. The van der Waals surface area contributed by atoms with Crippen molar-refractivity contribution in [3.63, 3.8) is 0 Å². The maximum atomic E-state index is 12.3. The van der Waals surface area contributed by atoms with E-state index in [1.165, 1.54) is 38.3 Å². The summed E-state index contributed by atoms with van der Waals surface area (Å²) in [6.07, 6.45) is -1.09. The number of ether oxygens (including phenoxy) is 2. The van der Waals surface area contributed by atoms with Crippen LogP contribution in [0.2, 0.25) is 5.02 Å². The Morgan fingerprint density at radius 2 is 1.80 bits per heavy atom. The van der Waals surface area contributed by atoms with Crippen molar-refractivity contribution >= 4 is 29.0 Å². The predicted octanol–water partition coefficient (Wildman–Crippen LogP) is 3.69. The Balaban J connectivity index is 2.20. The summed E-state index contributed by atoms with van der Waals surface area (Å²) < 4.78 is 10.2. The van der Waals surface area contributed by atoms with Crippen LogP contribution in [0.25, 0.3) is 0 Å². The van der Waals surface area contributed by atoms with Gasteiger partial charge in [-0.2, -0.15) is 0 Å². The van der Waals surface area contributed by atoms with Gasteiger partial charge in [-0.1, -0.05) is 11.6 Å². The Morgan fingerprint density at radius 1 is 1.16 bits per heavy atom. The third-order valence-corrected chi connectivity index (χ3v) is 3.65. The number of rotatable bonds is 6. The Bertz CT molecular complexity index is 818. The molecular weight excluding hydrogens is 350 g/mol. The number of halogens is 1. The van der Waals surface area contributed by atoms with Gasteiger partial charge in [-0.25, -0.2) is 4.79 Å². The summed E-state index contributed by atoms with van der Waals surface area (Å²) in [7, 11) is 1.32. The van der Waals surface area contributed by atoms with Crippen LogP contribution < -0.4 is 4.74 Å². The van der Waals surface area contributed by atoms with E-state index < -0.39 is 22.8 Å². The van der Waals surface area contributed by atoms with E-state index in [1.807, 2.05) is 0 Å². The molecule has 0 unspecified atom stereocenters. The van der Waals surface area contributed by atoms with E-state index >= 15 is 0 Å². The zero-order valence-corrected chi connectivity index (χ0v) is 14.1. The van der Waals surface area contributed by atoms with E-state index in [9.17, 15) is 19.7 Å². The fraction of sp³-hybridized carbons (Fsp3) is 0.176. The molecule has 0 saturated heterocycles. The van der Waals surface area contributed by atoms with E-state index in [0.29, 0.717) is 10.6 Å². The summed E-state index contributed by atoms with van der Waals surface area (Å²) in [5.41, 5.74) is -0.0902. The third-order valence-electron chi connectivity index (χ3n) is 3.40. The predicted molar refractivity (Wildman–Crippen MR) is 90.3 cm³/mol. The second kappa shape index (κ2) is 7.76. The number of hydrogen-bond acceptors (Lipinski definition) is 6. The zero-order chi connectivity index (χ0) is 18.6. The molecule has 0 aliphatic rings. The number of non-ortho nitro benzene ring substituents is 1. The first kappa shape index (κ1) is 18.4. The van der Waals surface area contributed by atoms with Crippen molar-refractivity contribution in [2.45, 2.75) is 13.0 Å². The number of carbonyl (C=O) groups excluding carboxylic acids is 2. The first-order valence-corrected chi connectivity index (χ1v) is 7.54. The van der Waals surface area contributed by atoms with E-state index in [4.69, 9.17) is 21.1 Å². The van der Waals surface area contributed by atoms with Crippen LogP contribution in [0, 0.1) is 10.1 Å². The first-order valence-electron chi connectivity index (χ1n) is 7.16. The number of Topliss-reactive ketones (excluding diaryl/α,β-unsaturated/α-hetero) is 1. The monoisotopic (exact) mass is 363 g/mol. The number of carbonyl (C=O) groups is 2. The van der Waals surface area contributed by atoms with Crippen LogP contribution in [-0.2, 0) is 4.74 Å². The van der Waals surface area contributed by atoms with Gasteiger partial charge in [-0.15, -0.1) is 0 Å². The number of nitro groups is 1. The van der Waals surface area contributed by atoms with Crippen molar-refractivity contribution in [2.75, 3.05) is 7.11 Å². The molecule has 0 aliphatic heterocycles. The summed E-state index contributed by atoms with van der Waals surface area (Å²) in [5, 5.41) is 11.3. The van der Waals surface area contributed by atoms with Gasteiger partial charge < -0.3 is 9.47 Å². The molecule has 25 heavy (non-hydrogen) atoms. The molecule has 0 amide bonds. The maximum absolute atomic E-state index is 12.3. The molecule has 7 nitrogen and oxygen atoms in total. The van der Waals surface area contributed by atoms with Crippen LogP contribution in [0.1, 0.15) is 27.6 Å². The quantitative estimate of drug-likeness (QED) is 0.336. The first-order chi connectivity index (χ1) is 11.8. The van der Waals surface area contributed by atoms with Gasteiger partial charge in [0.2, 0.25) is 5.78 Å². The fourth-order valence-electron chi connectivity index (χ4n) is 2.10. The molecule has 0 fully saturated rings. The minimum Gasteiger partial charge on any atom is -0.496 e. The highest BCUT2D eigenvalue weighted by atomic mass is 35.5. The normalized spacial score (nSPS) is 11.5. The topological polar surface area (TPSA) is 95.7 Å². The molecule has 2 aromatic carbocycles. The lowest BCUT2D eigenvalue weighted by atomic mass is 10.1. The molecule has 0 radical (unpaired) electrons. The molecule has 0 heterocycles. The molecule has 130 valence electrons. The Labute approximate surface area is 148 Å². The molecule has 0 spiro atoms. The van der Waals surface area contributed by atoms with Crippen LogP contribution in [0.3, 0.4) is 0 Å². The van der Waals surface area contributed by atoms with Gasteiger partial charge >= 0.3 is 5.97 Å². The average molecular weight is 364 g/mol. The second-order valence-electron chi connectivity index (χ2n) is 5.06. The van der Waals surface area contributed by atoms with Crippen molar-refractivity contribution < 1.29 is 24.0 Å². The average Bonchev–Trinajstić information content (AvgIpc) is 2.60. The minimum absolute atomic E-state index is 0.113. The molecule has 2 aromatic rings. The van der Waals surface area contributed by atoms with Gasteiger partial charge in [-0.3, -0.25) is 14.9 Å². The lowest BCUT2D eigenvalue weighted by Gasteiger charge is -2.14. The van der Waals surface area contributed by atoms with E-state index in [-0.39, 0.29) is 17.0 Å². The third kappa shape index (κ3) is 4.33. The van der Waals surface area contributed by atoms with Crippen molar-refractivity contribution in [1.82, 2.24) is 0 Å². The standard InChI is InChI=1S/C17H14ClNO6/c1-10(16(20)11-3-5-12(18)6-4-11)25-17(21)14-9-13(19(22)23)7-8-15(14)24-2/h3-10H,1-2H3/t10-/m1/s1. The number of ketones is 1. The van der Waals surface area contributed by atoms with Crippen molar-refractivity contribution in [3.8, 4) is 5.75 Å². The number of benzene rings is 2. The number of esters is 1. The van der Waals surface area contributed by atoms with E-state index in [1.54, 1.807) is 12.1 Å². The van der Waals surface area contributed by atoms with Gasteiger partial charge in [0.15, 0.2) is 6.10 Å². The van der Waals surface area contributed by atoms with Crippen molar-refractivity contribution in [2.24, 2.45) is 0 Å². The molecule has 0 aromatic heterocycles. The highest BCUT2D eigenvalue weighted by molar-refractivity contribution is 6.30. The van der Waals surface area contributed by atoms with Gasteiger partial charge in [0.05, 0.1) is 12.0 Å².